The molecule has 0 aliphatic heterocycles. The van der Waals surface area contributed by atoms with Crippen LogP contribution in [0.4, 0.5) is 11.8 Å². The molecule has 162 valence electrons. The predicted octanol–water partition coefficient (Wildman–Crippen LogP) is 4.83. The first-order valence-corrected chi connectivity index (χ1v) is 11.6. The molecular weight excluding hydrogens is 431 g/mol. The minimum atomic E-state index is 0.270. The first kappa shape index (κ1) is 20.8. The van der Waals surface area contributed by atoms with Gasteiger partial charge in [0.05, 0.1) is 6.20 Å². The van der Waals surface area contributed by atoms with E-state index in [1.54, 1.807) is 18.3 Å². The zero-order valence-corrected chi connectivity index (χ0v) is 18.8. The number of benzene rings is 1. The summed E-state index contributed by atoms with van der Waals surface area (Å²) in [5, 5.41) is 17.5. The third-order valence-corrected chi connectivity index (χ3v) is 8.06. The maximum atomic E-state index is 9.54. The molecule has 0 saturated heterocycles. The quantitative estimate of drug-likeness (QED) is 0.575. The van der Waals surface area contributed by atoms with Crippen molar-refractivity contribution in [2.24, 2.45) is 28.9 Å². The van der Waals surface area contributed by atoms with Gasteiger partial charge in [0, 0.05) is 29.2 Å². The molecule has 2 aromatic rings. The van der Waals surface area contributed by atoms with Gasteiger partial charge in [-0.1, -0.05) is 23.2 Å². The fourth-order valence-electron chi connectivity index (χ4n) is 6.26. The van der Waals surface area contributed by atoms with Gasteiger partial charge in [-0.25, -0.2) is 4.98 Å². The summed E-state index contributed by atoms with van der Waals surface area (Å²) < 4.78 is 0. The molecule has 6 rings (SSSR count). The van der Waals surface area contributed by atoms with Crippen molar-refractivity contribution >= 4 is 35.0 Å². The molecule has 4 bridgehead atoms. The number of aromatic nitrogens is 2. The van der Waals surface area contributed by atoms with Crippen LogP contribution in [0.15, 0.2) is 24.4 Å². The average molecular weight is 457 g/mol. The Labute approximate surface area is 192 Å². The number of hydrogen-bond donors (Lipinski definition) is 3. The van der Waals surface area contributed by atoms with Gasteiger partial charge in [0.2, 0.25) is 5.95 Å². The van der Waals surface area contributed by atoms with Crippen LogP contribution in [0, 0.1) is 34.5 Å². The van der Waals surface area contributed by atoms with E-state index in [1.165, 1.54) is 32.1 Å². The standard InChI is InChI=1S/C23H26Cl2N6/c24-18-1-2-19(25)16(5-18)10-28-22-29-11-17(9-26)21(31-22)30-12-23-6-13-3-14(7-23)20(27)15(4-13)8-23/h1-2,5,11,13-15,20H,3-4,6-8,10,12,27H2,(H2,28,29,30,31)/t13?,14-,15?,20?,23?/m1/s1. The smallest absolute Gasteiger partial charge is 0.224 e. The van der Waals surface area contributed by atoms with Gasteiger partial charge in [-0.15, -0.1) is 0 Å². The molecule has 31 heavy (non-hydrogen) atoms. The number of anilines is 2. The lowest BCUT2D eigenvalue weighted by Crippen LogP contribution is -2.58. The van der Waals surface area contributed by atoms with Crippen LogP contribution in [0.1, 0.15) is 43.2 Å². The molecular formula is C23H26Cl2N6. The number of nitrogens with zero attached hydrogens (tertiary/aromatic N) is 3. The van der Waals surface area contributed by atoms with Crippen molar-refractivity contribution in [3.05, 3.63) is 45.6 Å². The summed E-state index contributed by atoms with van der Waals surface area (Å²) in [5.74, 6) is 3.13. The molecule has 0 amide bonds. The fourth-order valence-corrected chi connectivity index (χ4v) is 6.64. The van der Waals surface area contributed by atoms with E-state index in [9.17, 15) is 5.26 Å². The summed E-state index contributed by atoms with van der Waals surface area (Å²) in [7, 11) is 0. The van der Waals surface area contributed by atoms with Crippen molar-refractivity contribution in [2.75, 3.05) is 17.2 Å². The summed E-state index contributed by atoms with van der Waals surface area (Å²) in [6, 6.07) is 7.91. The molecule has 4 unspecified atom stereocenters. The number of halogens is 2. The van der Waals surface area contributed by atoms with E-state index >= 15 is 0 Å². The number of rotatable bonds is 6. The maximum absolute atomic E-state index is 9.54. The van der Waals surface area contributed by atoms with Crippen LogP contribution in [0.2, 0.25) is 10.0 Å². The highest BCUT2D eigenvalue weighted by molar-refractivity contribution is 6.33. The Morgan fingerprint density at radius 2 is 1.94 bits per heavy atom. The average Bonchev–Trinajstić information content (AvgIpc) is 2.76. The summed E-state index contributed by atoms with van der Waals surface area (Å²) in [6.45, 7) is 1.27. The van der Waals surface area contributed by atoms with Gasteiger partial charge in [-0.2, -0.15) is 10.2 Å². The molecule has 1 aromatic heterocycles. The van der Waals surface area contributed by atoms with E-state index in [4.69, 9.17) is 28.9 Å². The van der Waals surface area contributed by atoms with Gasteiger partial charge >= 0.3 is 0 Å². The molecule has 8 heteroatoms. The fraction of sp³-hybridized carbons (Fsp3) is 0.522. The van der Waals surface area contributed by atoms with Gasteiger partial charge in [-0.3, -0.25) is 0 Å². The third-order valence-electron chi connectivity index (χ3n) is 7.46. The van der Waals surface area contributed by atoms with E-state index in [1.807, 2.05) is 6.07 Å². The van der Waals surface area contributed by atoms with Crippen LogP contribution in [0.5, 0.6) is 0 Å². The summed E-state index contributed by atoms with van der Waals surface area (Å²) in [4.78, 5) is 8.87. The molecule has 4 fully saturated rings. The largest absolute Gasteiger partial charge is 0.368 e. The van der Waals surface area contributed by atoms with Gasteiger partial charge in [0.1, 0.15) is 17.5 Å². The Kier molecular flexibility index (Phi) is 5.45. The minimum Gasteiger partial charge on any atom is -0.368 e. The van der Waals surface area contributed by atoms with Crippen molar-refractivity contribution in [1.82, 2.24) is 9.97 Å². The van der Waals surface area contributed by atoms with Gasteiger partial charge in [0.15, 0.2) is 0 Å². The van der Waals surface area contributed by atoms with Crippen molar-refractivity contribution in [2.45, 2.75) is 44.7 Å². The van der Waals surface area contributed by atoms with Gasteiger partial charge in [-0.05, 0) is 79.0 Å². The first-order chi connectivity index (χ1) is 14.9. The van der Waals surface area contributed by atoms with Gasteiger partial charge < -0.3 is 16.4 Å². The molecule has 0 spiro atoms. The first-order valence-electron chi connectivity index (χ1n) is 10.9. The summed E-state index contributed by atoms with van der Waals surface area (Å²) >= 11 is 12.3. The van der Waals surface area contributed by atoms with Crippen LogP contribution >= 0.6 is 23.2 Å². The lowest BCUT2D eigenvalue weighted by Gasteiger charge is -2.59. The van der Waals surface area contributed by atoms with Crippen LogP contribution < -0.4 is 16.4 Å². The lowest BCUT2D eigenvalue weighted by molar-refractivity contribution is -0.0591. The molecule has 0 radical (unpaired) electrons. The molecule has 1 heterocycles. The number of hydrogen-bond acceptors (Lipinski definition) is 6. The van der Waals surface area contributed by atoms with Crippen molar-refractivity contribution in [3.63, 3.8) is 0 Å². The Morgan fingerprint density at radius 1 is 1.16 bits per heavy atom. The predicted molar refractivity (Wildman–Crippen MR) is 123 cm³/mol. The van der Waals surface area contributed by atoms with Crippen molar-refractivity contribution in [1.29, 1.82) is 5.26 Å². The molecule has 4 aliphatic carbocycles. The summed E-state index contributed by atoms with van der Waals surface area (Å²) in [6.07, 6.45) is 7.75. The van der Waals surface area contributed by atoms with E-state index < -0.39 is 0 Å². The molecule has 5 atom stereocenters. The van der Waals surface area contributed by atoms with Crippen LogP contribution in [0.25, 0.3) is 0 Å². The molecule has 6 nitrogen and oxygen atoms in total. The van der Waals surface area contributed by atoms with Gasteiger partial charge in [0.25, 0.3) is 0 Å². The highest BCUT2D eigenvalue weighted by Gasteiger charge is 2.54. The Balaban J connectivity index is 1.29. The number of nitrogens with two attached hydrogens (primary N) is 1. The Bertz CT molecular complexity index is 1020. The van der Waals surface area contributed by atoms with Crippen molar-refractivity contribution in [3.8, 4) is 6.07 Å². The van der Waals surface area contributed by atoms with E-state index in [2.05, 4.69) is 26.7 Å². The zero-order chi connectivity index (χ0) is 21.6. The number of nitriles is 1. The highest BCUT2D eigenvalue weighted by atomic mass is 35.5. The van der Waals surface area contributed by atoms with E-state index in [0.29, 0.717) is 51.8 Å². The molecule has 4 saturated carbocycles. The second-order valence-electron chi connectivity index (χ2n) is 9.56. The summed E-state index contributed by atoms with van der Waals surface area (Å²) in [5.41, 5.74) is 8.07. The number of nitrogens with one attached hydrogen (secondary N) is 2. The maximum Gasteiger partial charge on any atom is 0.224 e. The monoisotopic (exact) mass is 456 g/mol. The minimum absolute atomic E-state index is 0.270. The Morgan fingerprint density at radius 3 is 2.68 bits per heavy atom. The second kappa shape index (κ2) is 8.12. The van der Waals surface area contributed by atoms with E-state index in [0.717, 1.165) is 18.0 Å². The highest BCUT2D eigenvalue weighted by Crippen LogP contribution is 2.59. The van der Waals surface area contributed by atoms with Crippen LogP contribution in [-0.2, 0) is 6.54 Å². The molecule has 4 N–H and O–H groups in total. The van der Waals surface area contributed by atoms with E-state index in [-0.39, 0.29) is 5.41 Å². The van der Waals surface area contributed by atoms with Crippen molar-refractivity contribution < 1.29 is 0 Å². The zero-order valence-electron chi connectivity index (χ0n) is 17.2. The van der Waals surface area contributed by atoms with Crippen LogP contribution in [0.3, 0.4) is 0 Å². The van der Waals surface area contributed by atoms with Crippen LogP contribution in [-0.4, -0.2) is 22.6 Å². The SMILES string of the molecule is N#Cc1cnc(NCc2cc(Cl)ccc2Cl)nc1NCC12CC3CC(C1)C(N)[C@H](C3)C2. The lowest BCUT2D eigenvalue weighted by atomic mass is 9.48. The Hall–Kier alpha value is -2.07. The second-order valence-corrected chi connectivity index (χ2v) is 10.4. The third kappa shape index (κ3) is 4.07. The molecule has 4 aliphatic rings. The topological polar surface area (TPSA) is 99.6 Å². The normalized spacial score (nSPS) is 30.8. The molecule has 1 aromatic carbocycles.